The van der Waals surface area contributed by atoms with Crippen molar-refractivity contribution in [3.05, 3.63) is 28.6 Å². The molecule has 0 aliphatic rings. The molecule has 1 heterocycles. The first-order valence-corrected chi connectivity index (χ1v) is 6.32. The summed E-state index contributed by atoms with van der Waals surface area (Å²) in [7, 11) is 0. The molecule has 0 amide bonds. The third kappa shape index (κ3) is 1.47. The molecule has 3 heteroatoms. The van der Waals surface area contributed by atoms with Crippen molar-refractivity contribution >= 4 is 39.5 Å². The number of rotatable bonds is 2. The Labute approximate surface area is 91.1 Å². The predicted molar refractivity (Wildman–Crippen MR) is 63.7 cm³/mol. The first kappa shape index (κ1) is 9.74. The van der Waals surface area contributed by atoms with E-state index in [1.807, 2.05) is 6.92 Å². The lowest BCUT2D eigenvalue weighted by molar-refractivity contribution is 0.112. The quantitative estimate of drug-likeness (QED) is 0.568. The van der Waals surface area contributed by atoms with Crippen molar-refractivity contribution in [2.75, 3.05) is 6.26 Å². The van der Waals surface area contributed by atoms with Crippen LogP contribution in [0.1, 0.15) is 15.2 Å². The number of hydrogen-bond acceptors (Lipinski definition) is 3. The Morgan fingerprint density at radius 2 is 2.21 bits per heavy atom. The minimum Gasteiger partial charge on any atom is -0.297 e. The number of benzene rings is 1. The normalized spacial score (nSPS) is 10.7. The van der Waals surface area contributed by atoms with Gasteiger partial charge in [0.1, 0.15) is 0 Å². The van der Waals surface area contributed by atoms with Crippen LogP contribution in [-0.2, 0) is 0 Å². The fraction of sp³-hybridized carbons (Fsp3) is 0.182. The van der Waals surface area contributed by atoms with E-state index < -0.39 is 0 Å². The van der Waals surface area contributed by atoms with Gasteiger partial charge in [0, 0.05) is 9.60 Å². The standard InChI is InChI=1S/C11H10OS2/c1-7-9-5-8(13-2)3-4-10(9)14-11(7)6-12/h3-6H,1-2H3. The van der Waals surface area contributed by atoms with Crippen molar-refractivity contribution in [3.8, 4) is 0 Å². The summed E-state index contributed by atoms with van der Waals surface area (Å²) in [5.74, 6) is 0. The van der Waals surface area contributed by atoms with Gasteiger partial charge in [0.25, 0.3) is 0 Å². The first-order chi connectivity index (χ1) is 6.76. The van der Waals surface area contributed by atoms with Crippen molar-refractivity contribution < 1.29 is 4.79 Å². The zero-order chi connectivity index (χ0) is 10.1. The number of aryl methyl sites for hydroxylation is 1. The Morgan fingerprint density at radius 3 is 2.86 bits per heavy atom. The average molecular weight is 222 g/mol. The molecule has 0 N–H and O–H groups in total. The molecule has 1 nitrogen and oxygen atoms in total. The predicted octanol–water partition coefficient (Wildman–Crippen LogP) is 3.74. The zero-order valence-corrected chi connectivity index (χ0v) is 9.67. The van der Waals surface area contributed by atoms with Gasteiger partial charge >= 0.3 is 0 Å². The minimum absolute atomic E-state index is 0.846. The van der Waals surface area contributed by atoms with Crippen molar-refractivity contribution in [1.29, 1.82) is 0 Å². The van der Waals surface area contributed by atoms with E-state index in [0.29, 0.717) is 0 Å². The van der Waals surface area contributed by atoms with Crippen molar-refractivity contribution in [2.24, 2.45) is 0 Å². The molecule has 0 unspecified atom stereocenters. The van der Waals surface area contributed by atoms with E-state index in [-0.39, 0.29) is 0 Å². The maximum atomic E-state index is 10.8. The topological polar surface area (TPSA) is 17.1 Å². The van der Waals surface area contributed by atoms with Crippen molar-refractivity contribution in [3.63, 3.8) is 0 Å². The SMILES string of the molecule is CSc1ccc2sc(C=O)c(C)c2c1. The summed E-state index contributed by atoms with van der Waals surface area (Å²) < 4.78 is 1.20. The van der Waals surface area contributed by atoms with Crippen LogP contribution in [0.3, 0.4) is 0 Å². The number of aldehydes is 1. The van der Waals surface area contributed by atoms with Crippen LogP contribution in [-0.4, -0.2) is 12.5 Å². The second kappa shape index (κ2) is 3.75. The zero-order valence-electron chi connectivity index (χ0n) is 8.03. The van der Waals surface area contributed by atoms with E-state index >= 15 is 0 Å². The van der Waals surface area contributed by atoms with E-state index in [2.05, 4.69) is 24.5 Å². The monoisotopic (exact) mass is 222 g/mol. The molecule has 1 aromatic carbocycles. The van der Waals surface area contributed by atoms with Gasteiger partial charge in [0.15, 0.2) is 6.29 Å². The van der Waals surface area contributed by atoms with E-state index in [1.54, 1.807) is 23.1 Å². The van der Waals surface area contributed by atoms with Gasteiger partial charge in [-0.1, -0.05) is 0 Å². The highest BCUT2D eigenvalue weighted by Gasteiger charge is 2.07. The minimum atomic E-state index is 0.846. The van der Waals surface area contributed by atoms with Crippen LogP contribution in [0, 0.1) is 6.92 Å². The van der Waals surface area contributed by atoms with Crippen LogP contribution in [0.4, 0.5) is 0 Å². The number of fused-ring (bicyclic) bond motifs is 1. The summed E-state index contributed by atoms with van der Waals surface area (Å²) in [5.41, 5.74) is 1.11. The molecule has 72 valence electrons. The molecule has 0 aliphatic heterocycles. The molecular formula is C11H10OS2. The second-order valence-electron chi connectivity index (χ2n) is 3.07. The molecule has 0 spiro atoms. The maximum absolute atomic E-state index is 10.8. The lowest BCUT2D eigenvalue weighted by Crippen LogP contribution is -1.76. The van der Waals surface area contributed by atoms with Crippen LogP contribution in [0.2, 0.25) is 0 Å². The second-order valence-corrected chi connectivity index (χ2v) is 5.03. The van der Waals surface area contributed by atoms with Gasteiger partial charge in [-0.15, -0.1) is 23.1 Å². The molecule has 0 bridgehead atoms. The molecule has 0 aliphatic carbocycles. The van der Waals surface area contributed by atoms with Crippen molar-refractivity contribution in [1.82, 2.24) is 0 Å². The third-order valence-corrected chi connectivity index (χ3v) is 4.21. The molecule has 0 atom stereocenters. The molecule has 0 radical (unpaired) electrons. The molecule has 0 fully saturated rings. The van der Waals surface area contributed by atoms with Gasteiger partial charge in [-0.2, -0.15) is 0 Å². The number of carbonyl (C=O) groups excluding carboxylic acids is 1. The van der Waals surface area contributed by atoms with E-state index in [4.69, 9.17) is 0 Å². The highest BCUT2D eigenvalue weighted by atomic mass is 32.2. The summed E-state index contributed by atoms with van der Waals surface area (Å²) in [6.45, 7) is 2.01. The first-order valence-electron chi connectivity index (χ1n) is 4.28. The Balaban J connectivity index is 2.74. The maximum Gasteiger partial charge on any atom is 0.160 e. The van der Waals surface area contributed by atoms with Crippen LogP contribution < -0.4 is 0 Å². The van der Waals surface area contributed by atoms with Crippen LogP contribution in [0.25, 0.3) is 10.1 Å². The number of carbonyl (C=O) groups is 1. The van der Waals surface area contributed by atoms with Gasteiger partial charge in [-0.25, -0.2) is 0 Å². The molecule has 0 saturated heterocycles. The molecule has 2 rings (SSSR count). The lowest BCUT2D eigenvalue weighted by atomic mass is 10.1. The molecule has 0 saturated carbocycles. The van der Waals surface area contributed by atoms with Gasteiger partial charge in [0.05, 0.1) is 4.88 Å². The Kier molecular flexibility index (Phi) is 2.61. The largest absolute Gasteiger partial charge is 0.297 e. The van der Waals surface area contributed by atoms with E-state index in [1.165, 1.54) is 15.0 Å². The summed E-state index contributed by atoms with van der Waals surface area (Å²) in [4.78, 5) is 12.8. The fourth-order valence-corrected chi connectivity index (χ4v) is 2.90. The molecule has 1 aromatic heterocycles. The summed E-state index contributed by atoms with van der Waals surface area (Å²) in [5, 5.41) is 1.21. The average Bonchev–Trinajstić information content (AvgIpc) is 2.55. The highest BCUT2D eigenvalue weighted by molar-refractivity contribution is 7.98. The van der Waals surface area contributed by atoms with Crippen LogP contribution in [0.15, 0.2) is 23.1 Å². The summed E-state index contributed by atoms with van der Waals surface area (Å²) in [6, 6.07) is 6.34. The number of thioether (sulfide) groups is 1. The summed E-state index contributed by atoms with van der Waals surface area (Å²) >= 11 is 3.29. The number of thiophene rings is 1. The van der Waals surface area contributed by atoms with Gasteiger partial charge in [0.2, 0.25) is 0 Å². The fourth-order valence-electron chi connectivity index (χ4n) is 1.46. The van der Waals surface area contributed by atoms with Gasteiger partial charge in [-0.05, 0) is 42.3 Å². The van der Waals surface area contributed by atoms with Crippen LogP contribution >= 0.6 is 23.1 Å². The van der Waals surface area contributed by atoms with Gasteiger partial charge < -0.3 is 0 Å². The Bertz CT molecular complexity index is 485. The Hall–Kier alpha value is -0.800. The van der Waals surface area contributed by atoms with Crippen molar-refractivity contribution in [2.45, 2.75) is 11.8 Å². The molecule has 2 aromatic rings. The lowest BCUT2D eigenvalue weighted by Gasteiger charge is -1.96. The Morgan fingerprint density at radius 1 is 1.43 bits per heavy atom. The smallest absolute Gasteiger partial charge is 0.160 e. The summed E-state index contributed by atoms with van der Waals surface area (Å²) in [6.07, 6.45) is 3.00. The van der Waals surface area contributed by atoms with Crippen LogP contribution in [0.5, 0.6) is 0 Å². The number of hydrogen-bond donors (Lipinski definition) is 0. The van der Waals surface area contributed by atoms with Gasteiger partial charge in [-0.3, -0.25) is 4.79 Å². The highest BCUT2D eigenvalue weighted by Crippen LogP contribution is 2.32. The third-order valence-electron chi connectivity index (χ3n) is 2.29. The molecular weight excluding hydrogens is 212 g/mol. The molecule has 14 heavy (non-hydrogen) atoms. The van der Waals surface area contributed by atoms with E-state index in [0.717, 1.165) is 16.7 Å². The van der Waals surface area contributed by atoms with E-state index in [9.17, 15) is 4.79 Å².